The maximum Gasteiger partial charge on any atom is 0.239 e. The largest absolute Gasteiger partial charge is 0.334 e. The molecule has 1 amide bonds. The lowest BCUT2D eigenvalue weighted by atomic mass is 10.0. The highest BCUT2D eigenvalue weighted by molar-refractivity contribution is 5.81. The lowest BCUT2D eigenvalue weighted by Gasteiger charge is -2.26. The molecule has 2 N–H and O–H groups in total. The second-order valence-corrected chi connectivity index (χ2v) is 4.39. The molecule has 86 valence electrons. The van der Waals surface area contributed by atoms with Crippen LogP contribution in [0.15, 0.2) is 30.3 Å². The van der Waals surface area contributed by atoms with Crippen LogP contribution in [0.3, 0.4) is 0 Å². The van der Waals surface area contributed by atoms with Crippen LogP contribution in [-0.4, -0.2) is 23.4 Å². The van der Waals surface area contributed by atoms with Crippen LogP contribution in [0.25, 0.3) is 0 Å². The molecule has 1 aliphatic rings. The molecule has 1 aliphatic heterocycles. The number of rotatable bonds is 2. The van der Waals surface area contributed by atoms with E-state index in [-0.39, 0.29) is 11.9 Å². The summed E-state index contributed by atoms with van der Waals surface area (Å²) in [5.41, 5.74) is 6.88. The van der Waals surface area contributed by atoms with Crippen molar-refractivity contribution in [3.63, 3.8) is 0 Å². The molecule has 3 heteroatoms. The fourth-order valence-electron chi connectivity index (χ4n) is 2.31. The molecule has 1 heterocycles. The maximum absolute atomic E-state index is 11.9. The molecule has 3 nitrogen and oxygen atoms in total. The third-order valence-corrected chi connectivity index (χ3v) is 3.11. The van der Waals surface area contributed by atoms with Crippen LogP contribution in [-0.2, 0) is 4.79 Å². The van der Waals surface area contributed by atoms with Crippen molar-refractivity contribution in [3.05, 3.63) is 35.9 Å². The SMILES string of the molecule is C[C@H](N)C(=O)N1CCCC1c1ccccc1. The van der Waals surface area contributed by atoms with Crippen molar-refractivity contribution in [1.82, 2.24) is 4.90 Å². The van der Waals surface area contributed by atoms with Gasteiger partial charge in [-0.05, 0) is 25.3 Å². The van der Waals surface area contributed by atoms with Crippen LogP contribution in [0.5, 0.6) is 0 Å². The average Bonchev–Trinajstić information content (AvgIpc) is 2.77. The van der Waals surface area contributed by atoms with Crippen LogP contribution in [0.2, 0.25) is 0 Å². The van der Waals surface area contributed by atoms with E-state index in [9.17, 15) is 4.79 Å². The van der Waals surface area contributed by atoms with E-state index in [0.717, 1.165) is 19.4 Å². The molecule has 0 radical (unpaired) electrons. The summed E-state index contributed by atoms with van der Waals surface area (Å²) in [7, 11) is 0. The smallest absolute Gasteiger partial charge is 0.239 e. The Morgan fingerprint density at radius 3 is 2.75 bits per heavy atom. The molecule has 1 unspecified atom stereocenters. The molecule has 0 aliphatic carbocycles. The molecule has 0 saturated carbocycles. The van der Waals surface area contributed by atoms with Crippen molar-refractivity contribution in [2.45, 2.75) is 31.8 Å². The zero-order chi connectivity index (χ0) is 11.5. The van der Waals surface area contributed by atoms with Crippen LogP contribution in [0.1, 0.15) is 31.4 Å². The lowest BCUT2D eigenvalue weighted by molar-refractivity contribution is -0.133. The van der Waals surface area contributed by atoms with Crippen LogP contribution in [0.4, 0.5) is 0 Å². The Balaban J connectivity index is 2.19. The molecular formula is C13H18N2O. The topological polar surface area (TPSA) is 46.3 Å². The van der Waals surface area contributed by atoms with Gasteiger partial charge in [0.25, 0.3) is 0 Å². The minimum absolute atomic E-state index is 0.0614. The number of carbonyl (C=O) groups excluding carboxylic acids is 1. The molecule has 16 heavy (non-hydrogen) atoms. The third-order valence-electron chi connectivity index (χ3n) is 3.11. The zero-order valence-electron chi connectivity index (χ0n) is 9.60. The van der Waals surface area contributed by atoms with Gasteiger partial charge in [0.05, 0.1) is 12.1 Å². The van der Waals surface area contributed by atoms with E-state index < -0.39 is 6.04 Å². The van der Waals surface area contributed by atoms with E-state index in [0.29, 0.717) is 0 Å². The van der Waals surface area contributed by atoms with Gasteiger partial charge in [-0.25, -0.2) is 0 Å². The van der Waals surface area contributed by atoms with Gasteiger partial charge in [-0.15, -0.1) is 0 Å². The summed E-state index contributed by atoms with van der Waals surface area (Å²) >= 11 is 0. The van der Waals surface area contributed by atoms with Gasteiger partial charge in [-0.2, -0.15) is 0 Å². The summed E-state index contributed by atoms with van der Waals surface area (Å²) < 4.78 is 0. The quantitative estimate of drug-likeness (QED) is 0.821. The van der Waals surface area contributed by atoms with Crippen molar-refractivity contribution < 1.29 is 4.79 Å². The highest BCUT2D eigenvalue weighted by Gasteiger charge is 2.30. The summed E-state index contributed by atoms with van der Waals surface area (Å²) in [6, 6.07) is 10.0. The predicted octanol–water partition coefficient (Wildman–Crippen LogP) is 1.70. The van der Waals surface area contributed by atoms with Crippen molar-refractivity contribution in [2.24, 2.45) is 5.73 Å². The van der Waals surface area contributed by atoms with E-state index in [1.165, 1.54) is 5.56 Å². The average molecular weight is 218 g/mol. The summed E-state index contributed by atoms with van der Waals surface area (Å²) in [5.74, 6) is 0.0614. The standard InChI is InChI=1S/C13H18N2O/c1-10(14)13(16)15-9-5-8-12(15)11-6-3-2-4-7-11/h2-4,6-7,10,12H,5,8-9,14H2,1H3/t10-,12?/m0/s1. The molecular weight excluding hydrogens is 200 g/mol. The van der Waals surface area contributed by atoms with E-state index in [4.69, 9.17) is 5.73 Å². The second kappa shape index (κ2) is 4.66. The first-order valence-corrected chi connectivity index (χ1v) is 5.81. The van der Waals surface area contributed by atoms with Gasteiger partial charge in [-0.1, -0.05) is 30.3 Å². The second-order valence-electron chi connectivity index (χ2n) is 4.39. The minimum atomic E-state index is -0.399. The van der Waals surface area contributed by atoms with E-state index in [1.54, 1.807) is 6.92 Å². The summed E-state index contributed by atoms with van der Waals surface area (Å²) in [5, 5.41) is 0. The number of hydrogen-bond donors (Lipinski definition) is 1. The van der Waals surface area contributed by atoms with Crippen LogP contribution < -0.4 is 5.73 Å². The van der Waals surface area contributed by atoms with Crippen molar-refractivity contribution in [3.8, 4) is 0 Å². The molecule has 2 rings (SSSR count). The molecule has 0 bridgehead atoms. The highest BCUT2D eigenvalue weighted by Crippen LogP contribution is 2.31. The zero-order valence-corrected chi connectivity index (χ0v) is 9.60. The van der Waals surface area contributed by atoms with Gasteiger partial charge >= 0.3 is 0 Å². The minimum Gasteiger partial charge on any atom is -0.334 e. The van der Waals surface area contributed by atoms with E-state index in [2.05, 4.69) is 12.1 Å². The number of carbonyl (C=O) groups is 1. The van der Waals surface area contributed by atoms with Crippen molar-refractivity contribution in [1.29, 1.82) is 0 Å². The van der Waals surface area contributed by atoms with Crippen molar-refractivity contribution in [2.75, 3.05) is 6.54 Å². The fraction of sp³-hybridized carbons (Fsp3) is 0.462. The molecule has 1 fully saturated rings. The lowest BCUT2D eigenvalue weighted by Crippen LogP contribution is -2.41. The Labute approximate surface area is 96.2 Å². The first-order valence-electron chi connectivity index (χ1n) is 5.81. The van der Waals surface area contributed by atoms with Gasteiger partial charge < -0.3 is 10.6 Å². The number of hydrogen-bond acceptors (Lipinski definition) is 2. The molecule has 1 aromatic carbocycles. The maximum atomic E-state index is 11.9. The van der Waals surface area contributed by atoms with E-state index >= 15 is 0 Å². The van der Waals surface area contributed by atoms with Gasteiger partial charge in [0, 0.05) is 6.54 Å². The Kier molecular flexibility index (Phi) is 3.25. The third kappa shape index (κ3) is 2.09. The fourth-order valence-corrected chi connectivity index (χ4v) is 2.31. The Bertz CT molecular complexity index is 361. The van der Waals surface area contributed by atoms with Crippen LogP contribution >= 0.6 is 0 Å². The van der Waals surface area contributed by atoms with Gasteiger partial charge in [-0.3, -0.25) is 4.79 Å². The number of benzene rings is 1. The number of amides is 1. The number of nitrogens with zero attached hydrogens (tertiary/aromatic N) is 1. The summed E-state index contributed by atoms with van der Waals surface area (Å²) in [4.78, 5) is 13.8. The van der Waals surface area contributed by atoms with E-state index in [1.807, 2.05) is 23.1 Å². The molecule has 0 aromatic heterocycles. The Hall–Kier alpha value is -1.35. The molecule has 0 spiro atoms. The normalized spacial score (nSPS) is 22.1. The monoisotopic (exact) mass is 218 g/mol. The van der Waals surface area contributed by atoms with Crippen LogP contribution in [0, 0.1) is 0 Å². The number of likely N-dealkylation sites (tertiary alicyclic amines) is 1. The molecule has 1 aromatic rings. The number of nitrogens with two attached hydrogens (primary N) is 1. The Morgan fingerprint density at radius 1 is 1.44 bits per heavy atom. The molecule has 2 atom stereocenters. The first-order chi connectivity index (χ1) is 7.70. The van der Waals surface area contributed by atoms with Gasteiger partial charge in [0.15, 0.2) is 0 Å². The van der Waals surface area contributed by atoms with Gasteiger partial charge in [0.2, 0.25) is 5.91 Å². The Morgan fingerprint density at radius 2 is 2.12 bits per heavy atom. The highest BCUT2D eigenvalue weighted by atomic mass is 16.2. The molecule has 1 saturated heterocycles. The summed E-state index contributed by atoms with van der Waals surface area (Å²) in [6.45, 7) is 2.59. The predicted molar refractivity (Wildman–Crippen MR) is 63.8 cm³/mol. The van der Waals surface area contributed by atoms with Crippen molar-refractivity contribution >= 4 is 5.91 Å². The first kappa shape index (κ1) is 11.1. The van der Waals surface area contributed by atoms with Gasteiger partial charge in [0.1, 0.15) is 0 Å². The summed E-state index contributed by atoms with van der Waals surface area (Å²) in [6.07, 6.45) is 2.11.